The number of carboxylic acid groups (broad SMARTS) is 1. The smallest absolute Gasteiger partial charge is 0.303 e. The molecule has 0 spiro atoms. The third kappa shape index (κ3) is 2.41. The molecular weight excluding hydrogens is 224 g/mol. The number of aromatic hydroxyl groups is 1. The van der Waals surface area contributed by atoms with E-state index < -0.39 is 5.97 Å². The highest BCUT2D eigenvalue weighted by molar-refractivity contribution is 5.70. The number of hydrogen-bond acceptors (Lipinski definition) is 5. The number of aliphatic carboxylic acids is 1. The van der Waals surface area contributed by atoms with Crippen LogP contribution in [-0.4, -0.2) is 26.5 Å². The van der Waals surface area contributed by atoms with E-state index in [-0.39, 0.29) is 18.6 Å². The molecule has 0 bridgehead atoms. The zero-order chi connectivity index (χ0) is 12.3. The van der Waals surface area contributed by atoms with Crippen molar-refractivity contribution in [2.75, 3.05) is 0 Å². The monoisotopic (exact) mass is 234 g/mol. The maximum absolute atomic E-state index is 10.5. The summed E-state index contributed by atoms with van der Waals surface area (Å²) < 4.78 is 4.58. The van der Waals surface area contributed by atoms with Crippen LogP contribution in [0.4, 0.5) is 0 Å². The molecule has 0 unspecified atom stereocenters. The minimum absolute atomic E-state index is 0.0553. The summed E-state index contributed by atoms with van der Waals surface area (Å²) in [5, 5.41) is 25.6. The van der Waals surface area contributed by atoms with Crippen molar-refractivity contribution in [1.82, 2.24) is 10.3 Å². The molecule has 0 amide bonds. The SMILES string of the molecule is O=C(O)CCc1nonc1-c1ccccc1O. The van der Waals surface area contributed by atoms with Gasteiger partial charge in [-0.3, -0.25) is 4.79 Å². The first-order chi connectivity index (χ1) is 8.18. The van der Waals surface area contributed by atoms with Crippen LogP contribution >= 0.6 is 0 Å². The zero-order valence-corrected chi connectivity index (χ0v) is 8.83. The summed E-state index contributed by atoms with van der Waals surface area (Å²) in [7, 11) is 0. The summed E-state index contributed by atoms with van der Waals surface area (Å²) in [6.45, 7) is 0. The molecule has 6 heteroatoms. The molecule has 6 nitrogen and oxygen atoms in total. The predicted octanol–water partition coefficient (Wildman–Crippen LogP) is 1.46. The van der Waals surface area contributed by atoms with Crippen LogP contribution in [0.25, 0.3) is 11.3 Å². The number of carboxylic acids is 1. The lowest BCUT2D eigenvalue weighted by molar-refractivity contribution is -0.136. The topological polar surface area (TPSA) is 96.5 Å². The summed E-state index contributed by atoms with van der Waals surface area (Å²) in [6, 6.07) is 6.61. The molecule has 0 aliphatic carbocycles. The molecule has 0 fully saturated rings. The number of aromatic nitrogens is 2. The van der Waals surface area contributed by atoms with Crippen molar-refractivity contribution in [3.05, 3.63) is 30.0 Å². The largest absolute Gasteiger partial charge is 0.507 e. The molecule has 2 aromatic rings. The second kappa shape index (κ2) is 4.65. The third-order valence-electron chi connectivity index (χ3n) is 2.29. The Balaban J connectivity index is 2.31. The van der Waals surface area contributed by atoms with Crippen molar-refractivity contribution in [2.24, 2.45) is 0 Å². The molecule has 0 atom stereocenters. The van der Waals surface area contributed by atoms with Gasteiger partial charge in [0.1, 0.15) is 17.1 Å². The first kappa shape index (κ1) is 11.1. The van der Waals surface area contributed by atoms with Crippen molar-refractivity contribution in [1.29, 1.82) is 0 Å². The van der Waals surface area contributed by atoms with Gasteiger partial charge in [0.25, 0.3) is 0 Å². The van der Waals surface area contributed by atoms with E-state index in [0.717, 1.165) is 0 Å². The Morgan fingerprint density at radius 3 is 2.76 bits per heavy atom. The molecule has 0 saturated carbocycles. The van der Waals surface area contributed by atoms with E-state index in [9.17, 15) is 9.90 Å². The van der Waals surface area contributed by atoms with Gasteiger partial charge in [0.15, 0.2) is 0 Å². The predicted molar refractivity (Wildman–Crippen MR) is 57.4 cm³/mol. The summed E-state index contributed by atoms with van der Waals surface area (Å²) in [4.78, 5) is 10.5. The average molecular weight is 234 g/mol. The Kier molecular flexibility index (Phi) is 3.04. The van der Waals surface area contributed by atoms with Gasteiger partial charge in [0, 0.05) is 12.0 Å². The molecule has 2 N–H and O–H groups in total. The standard InChI is InChI=1S/C11H10N2O4/c14-9-4-2-1-3-7(9)11-8(12-17-13-11)5-6-10(15)16/h1-4,14H,5-6H2,(H,15,16). The summed E-state index contributed by atoms with van der Waals surface area (Å²) in [5.41, 5.74) is 1.28. The fourth-order valence-electron chi connectivity index (χ4n) is 1.47. The van der Waals surface area contributed by atoms with Crippen LogP contribution in [0.1, 0.15) is 12.1 Å². The number of rotatable bonds is 4. The van der Waals surface area contributed by atoms with Gasteiger partial charge in [-0.2, -0.15) is 0 Å². The Bertz CT molecular complexity index is 536. The van der Waals surface area contributed by atoms with Crippen molar-refractivity contribution in [3.8, 4) is 17.0 Å². The minimum atomic E-state index is -0.920. The van der Waals surface area contributed by atoms with Gasteiger partial charge in [-0.15, -0.1) is 0 Å². The van der Waals surface area contributed by atoms with Crippen LogP contribution < -0.4 is 0 Å². The van der Waals surface area contributed by atoms with Crippen LogP contribution in [0.3, 0.4) is 0 Å². The van der Waals surface area contributed by atoms with Gasteiger partial charge in [0.05, 0.1) is 6.42 Å². The first-order valence-electron chi connectivity index (χ1n) is 5.00. The molecular formula is C11H10N2O4. The normalized spacial score (nSPS) is 10.4. The molecule has 2 rings (SSSR count). The molecule has 0 aliphatic rings. The molecule has 88 valence electrons. The Morgan fingerprint density at radius 1 is 1.29 bits per heavy atom. The lowest BCUT2D eigenvalue weighted by atomic mass is 10.1. The quantitative estimate of drug-likeness (QED) is 0.831. The van der Waals surface area contributed by atoms with Crippen LogP contribution in [-0.2, 0) is 11.2 Å². The Hall–Kier alpha value is -2.37. The third-order valence-corrected chi connectivity index (χ3v) is 2.29. The summed E-state index contributed by atoms with van der Waals surface area (Å²) in [6.07, 6.45) is 0.150. The van der Waals surface area contributed by atoms with Crippen molar-refractivity contribution in [3.63, 3.8) is 0 Å². The van der Waals surface area contributed by atoms with Crippen LogP contribution in [0, 0.1) is 0 Å². The maximum Gasteiger partial charge on any atom is 0.303 e. The van der Waals surface area contributed by atoms with Gasteiger partial charge in [-0.25, -0.2) is 4.63 Å². The van der Waals surface area contributed by atoms with E-state index in [1.54, 1.807) is 18.2 Å². The number of hydrogen-bond donors (Lipinski definition) is 2. The van der Waals surface area contributed by atoms with E-state index in [0.29, 0.717) is 17.0 Å². The Labute approximate surface area is 96.5 Å². The summed E-state index contributed by atoms with van der Waals surface area (Å²) in [5.74, 6) is -0.865. The fourth-order valence-corrected chi connectivity index (χ4v) is 1.47. The second-order valence-corrected chi connectivity index (χ2v) is 3.47. The number of aryl methyl sites for hydroxylation is 1. The lowest BCUT2D eigenvalue weighted by Gasteiger charge is -2.00. The van der Waals surface area contributed by atoms with Crippen LogP contribution in [0.2, 0.25) is 0 Å². The van der Waals surface area contributed by atoms with E-state index in [4.69, 9.17) is 5.11 Å². The molecule has 0 saturated heterocycles. The fraction of sp³-hybridized carbons (Fsp3) is 0.182. The number of phenolic OH excluding ortho intramolecular Hbond substituents is 1. The molecule has 1 heterocycles. The molecule has 17 heavy (non-hydrogen) atoms. The van der Waals surface area contributed by atoms with Gasteiger partial charge in [0.2, 0.25) is 0 Å². The number of benzene rings is 1. The van der Waals surface area contributed by atoms with Gasteiger partial charge in [-0.1, -0.05) is 17.3 Å². The van der Waals surface area contributed by atoms with E-state index >= 15 is 0 Å². The molecule has 1 aromatic heterocycles. The van der Waals surface area contributed by atoms with Crippen molar-refractivity contribution < 1.29 is 19.6 Å². The van der Waals surface area contributed by atoms with Gasteiger partial charge in [-0.05, 0) is 17.3 Å². The second-order valence-electron chi connectivity index (χ2n) is 3.47. The molecule has 0 radical (unpaired) electrons. The maximum atomic E-state index is 10.5. The number of phenols is 1. The van der Waals surface area contributed by atoms with Crippen LogP contribution in [0.5, 0.6) is 5.75 Å². The highest BCUT2D eigenvalue weighted by atomic mass is 16.6. The van der Waals surface area contributed by atoms with Crippen molar-refractivity contribution >= 4 is 5.97 Å². The number of nitrogens with zero attached hydrogens (tertiary/aromatic N) is 2. The number of carbonyl (C=O) groups is 1. The molecule has 0 aliphatic heterocycles. The van der Waals surface area contributed by atoms with Gasteiger partial charge >= 0.3 is 5.97 Å². The zero-order valence-electron chi connectivity index (χ0n) is 8.83. The van der Waals surface area contributed by atoms with Gasteiger partial charge < -0.3 is 10.2 Å². The minimum Gasteiger partial charge on any atom is -0.507 e. The van der Waals surface area contributed by atoms with E-state index in [2.05, 4.69) is 14.9 Å². The van der Waals surface area contributed by atoms with E-state index in [1.165, 1.54) is 6.07 Å². The van der Waals surface area contributed by atoms with E-state index in [1.807, 2.05) is 0 Å². The highest BCUT2D eigenvalue weighted by Gasteiger charge is 2.15. The average Bonchev–Trinajstić information content (AvgIpc) is 2.75. The number of para-hydroxylation sites is 1. The first-order valence-corrected chi connectivity index (χ1v) is 5.00. The highest BCUT2D eigenvalue weighted by Crippen LogP contribution is 2.29. The lowest BCUT2D eigenvalue weighted by Crippen LogP contribution is -1.99. The van der Waals surface area contributed by atoms with Crippen molar-refractivity contribution in [2.45, 2.75) is 12.8 Å². The summed E-state index contributed by atoms with van der Waals surface area (Å²) >= 11 is 0. The molecule has 1 aromatic carbocycles. The Morgan fingerprint density at radius 2 is 2.06 bits per heavy atom. The van der Waals surface area contributed by atoms with Crippen LogP contribution in [0.15, 0.2) is 28.9 Å².